The molecule has 2 rings (SSSR count). The zero-order valence-electron chi connectivity index (χ0n) is 9.62. The number of anilines is 2. The van der Waals surface area contributed by atoms with Gasteiger partial charge in [0.05, 0.1) is 6.21 Å². The van der Waals surface area contributed by atoms with E-state index in [4.69, 9.17) is 0 Å². The molecule has 7 heteroatoms. The van der Waals surface area contributed by atoms with Gasteiger partial charge in [0.1, 0.15) is 0 Å². The minimum atomic E-state index is 0.408. The summed E-state index contributed by atoms with van der Waals surface area (Å²) in [6.07, 6.45) is 1.70. The van der Waals surface area contributed by atoms with E-state index in [-0.39, 0.29) is 0 Å². The largest absolute Gasteiger partial charge is 0.378 e. The molecular formula is C10H13N7. The van der Waals surface area contributed by atoms with Crippen LogP contribution in [0.25, 0.3) is 0 Å². The van der Waals surface area contributed by atoms with Gasteiger partial charge in [-0.25, -0.2) is 10.5 Å². The van der Waals surface area contributed by atoms with Crippen LogP contribution in [0.1, 0.15) is 5.56 Å². The quantitative estimate of drug-likeness (QED) is 0.598. The summed E-state index contributed by atoms with van der Waals surface area (Å²) in [6.45, 7) is 0. The maximum atomic E-state index is 4.00. The molecule has 0 radical (unpaired) electrons. The molecule has 0 aliphatic rings. The Morgan fingerprint density at radius 2 is 2.06 bits per heavy atom. The monoisotopic (exact) mass is 231 g/mol. The van der Waals surface area contributed by atoms with Crippen molar-refractivity contribution >= 4 is 17.9 Å². The molecule has 0 aliphatic heterocycles. The topological polar surface area (TPSA) is 82.1 Å². The highest BCUT2D eigenvalue weighted by molar-refractivity contribution is 5.80. The zero-order valence-corrected chi connectivity index (χ0v) is 9.62. The van der Waals surface area contributed by atoms with Gasteiger partial charge in [-0.15, -0.1) is 0 Å². The molecule has 2 N–H and O–H groups in total. The number of aromatic nitrogens is 4. The molecular weight excluding hydrogens is 218 g/mol. The summed E-state index contributed by atoms with van der Waals surface area (Å²) >= 11 is 0. The molecule has 0 unspecified atom stereocenters. The van der Waals surface area contributed by atoms with E-state index in [1.54, 1.807) is 6.21 Å². The van der Waals surface area contributed by atoms with Gasteiger partial charge in [-0.3, -0.25) is 0 Å². The van der Waals surface area contributed by atoms with Gasteiger partial charge in [0.25, 0.3) is 5.95 Å². The van der Waals surface area contributed by atoms with Crippen molar-refractivity contribution in [3.63, 3.8) is 0 Å². The molecule has 0 spiro atoms. The molecule has 0 atom stereocenters. The van der Waals surface area contributed by atoms with Crippen molar-refractivity contribution in [2.24, 2.45) is 5.10 Å². The Morgan fingerprint density at radius 3 is 2.65 bits per heavy atom. The summed E-state index contributed by atoms with van der Waals surface area (Å²) in [7, 11) is 4.00. The maximum Gasteiger partial charge on any atom is 0.260 e. The second-order valence-corrected chi connectivity index (χ2v) is 3.61. The SMILES string of the molecule is CN(C)c1ccc(/C=N/Nc2nnn[nH]2)cc1. The Morgan fingerprint density at radius 1 is 1.29 bits per heavy atom. The van der Waals surface area contributed by atoms with Gasteiger partial charge in [0.2, 0.25) is 0 Å². The first-order valence-corrected chi connectivity index (χ1v) is 5.06. The molecule has 88 valence electrons. The van der Waals surface area contributed by atoms with Crippen molar-refractivity contribution in [1.82, 2.24) is 20.6 Å². The predicted molar refractivity (Wildman–Crippen MR) is 66.2 cm³/mol. The highest BCUT2D eigenvalue weighted by Crippen LogP contribution is 2.10. The van der Waals surface area contributed by atoms with E-state index in [0.717, 1.165) is 11.3 Å². The average Bonchev–Trinajstić information content (AvgIpc) is 2.83. The standard InChI is InChI=1S/C10H13N7/c1-17(2)9-5-3-8(4-6-9)7-11-12-10-13-15-16-14-10/h3-7H,1-2H3,(H2,12,13,14,15,16)/b11-7+. The lowest BCUT2D eigenvalue weighted by Gasteiger charge is -2.11. The van der Waals surface area contributed by atoms with Crippen molar-refractivity contribution in [1.29, 1.82) is 0 Å². The van der Waals surface area contributed by atoms with Crippen LogP contribution in [0.15, 0.2) is 29.4 Å². The minimum Gasteiger partial charge on any atom is -0.378 e. The van der Waals surface area contributed by atoms with Crippen LogP contribution in [0, 0.1) is 0 Å². The van der Waals surface area contributed by atoms with Crippen LogP contribution in [-0.4, -0.2) is 40.9 Å². The lowest BCUT2D eigenvalue weighted by atomic mass is 10.2. The third-order valence-electron chi connectivity index (χ3n) is 2.14. The van der Waals surface area contributed by atoms with E-state index in [0.29, 0.717) is 5.95 Å². The fraction of sp³-hybridized carbons (Fsp3) is 0.200. The maximum absolute atomic E-state index is 4.00. The smallest absolute Gasteiger partial charge is 0.260 e. The molecule has 0 fully saturated rings. The van der Waals surface area contributed by atoms with Gasteiger partial charge in [-0.2, -0.15) is 5.10 Å². The van der Waals surface area contributed by atoms with Crippen LogP contribution < -0.4 is 10.3 Å². The number of H-pyrrole nitrogens is 1. The van der Waals surface area contributed by atoms with Gasteiger partial charge >= 0.3 is 0 Å². The molecule has 0 saturated carbocycles. The van der Waals surface area contributed by atoms with Crippen LogP contribution in [0.5, 0.6) is 0 Å². The lowest BCUT2D eigenvalue weighted by molar-refractivity contribution is 0.881. The van der Waals surface area contributed by atoms with E-state index in [2.05, 4.69) is 31.2 Å². The Kier molecular flexibility index (Phi) is 3.29. The number of hydrazone groups is 1. The number of rotatable bonds is 4. The van der Waals surface area contributed by atoms with Crippen molar-refractivity contribution in [2.45, 2.75) is 0 Å². The lowest BCUT2D eigenvalue weighted by Crippen LogP contribution is -2.08. The molecule has 1 aromatic carbocycles. The third-order valence-corrected chi connectivity index (χ3v) is 2.14. The number of nitrogens with zero attached hydrogens (tertiary/aromatic N) is 5. The third kappa shape index (κ3) is 3.00. The second-order valence-electron chi connectivity index (χ2n) is 3.61. The highest BCUT2D eigenvalue weighted by Gasteiger charge is 1.94. The first kappa shape index (κ1) is 11.1. The van der Waals surface area contributed by atoms with E-state index < -0.39 is 0 Å². The number of hydrogen-bond acceptors (Lipinski definition) is 6. The van der Waals surface area contributed by atoms with Crippen LogP contribution in [0.4, 0.5) is 11.6 Å². The summed E-state index contributed by atoms with van der Waals surface area (Å²) in [5.41, 5.74) is 4.82. The zero-order chi connectivity index (χ0) is 12.1. The summed E-state index contributed by atoms with van der Waals surface area (Å²) in [4.78, 5) is 2.04. The van der Waals surface area contributed by atoms with Crippen LogP contribution in [0.2, 0.25) is 0 Å². The van der Waals surface area contributed by atoms with Gasteiger partial charge in [-0.05, 0) is 28.1 Å². The Bertz CT molecular complexity index is 472. The van der Waals surface area contributed by atoms with Crippen molar-refractivity contribution in [2.75, 3.05) is 24.4 Å². The molecule has 0 amide bonds. The molecule has 2 aromatic rings. The van der Waals surface area contributed by atoms with Gasteiger partial charge < -0.3 is 4.90 Å². The molecule has 0 aliphatic carbocycles. The van der Waals surface area contributed by atoms with Gasteiger partial charge in [0.15, 0.2) is 0 Å². The molecule has 17 heavy (non-hydrogen) atoms. The number of tetrazole rings is 1. The molecule has 1 heterocycles. The van der Waals surface area contributed by atoms with Gasteiger partial charge in [-0.1, -0.05) is 17.2 Å². The average molecular weight is 231 g/mol. The normalized spacial score (nSPS) is 10.7. The molecule has 0 saturated heterocycles. The Balaban J connectivity index is 1.96. The van der Waals surface area contributed by atoms with E-state index in [1.165, 1.54) is 0 Å². The minimum absolute atomic E-state index is 0.408. The Hall–Kier alpha value is -2.44. The van der Waals surface area contributed by atoms with Crippen LogP contribution in [0.3, 0.4) is 0 Å². The second kappa shape index (κ2) is 5.06. The molecule has 0 bridgehead atoms. The molecule has 1 aromatic heterocycles. The van der Waals surface area contributed by atoms with Crippen molar-refractivity contribution in [3.05, 3.63) is 29.8 Å². The summed E-state index contributed by atoms with van der Waals surface area (Å²) in [5.74, 6) is 0.408. The van der Waals surface area contributed by atoms with Crippen LogP contribution >= 0.6 is 0 Å². The van der Waals surface area contributed by atoms with E-state index >= 15 is 0 Å². The number of hydrogen-bond donors (Lipinski definition) is 2. The van der Waals surface area contributed by atoms with E-state index in [9.17, 15) is 0 Å². The highest BCUT2D eigenvalue weighted by atomic mass is 15.5. The number of aromatic amines is 1. The van der Waals surface area contributed by atoms with Gasteiger partial charge in [0, 0.05) is 19.8 Å². The summed E-state index contributed by atoms with van der Waals surface area (Å²) in [5, 5.41) is 17.0. The Labute approximate surface area is 98.5 Å². The summed E-state index contributed by atoms with van der Waals surface area (Å²) < 4.78 is 0. The molecule has 7 nitrogen and oxygen atoms in total. The fourth-order valence-corrected chi connectivity index (χ4v) is 1.23. The van der Waals surface area contributed by atoms with Crippen molar-refractivity contribution < 1.29 is 0 Å². The van der Waals surface area contributed by atoms with E-state index in [1.807, 2.05) is 43.3 Å². The first-order valence-electron chi connectivity index (χ1n) is 5.06. The van der Waals surface area contributed by atoms with Crippen LogP contribution in [-0.2, 0) is 0 Å². The van der Waals surface area contributed by atoms with Crippen molar-refractivity contribution in [3.8, 4) is 0 Å². The predicted octanol–water partition coefficient (Wildman–Crippen LogP) is 0.712. The number of benzene rings is 1. The first-order chi connectivity index (χ1) is 8.25. The fourth-order valence-electron chi connectivity index (χ4n) is 1.23. The summed E-state index contributed by atoms with van der Waals surface area (Å²) in [6, 6.07) is 8.02. The number of nitrogens with one attached hydrogen (secondary N) is 2.